The third-order valence-electron chi connectivity index (χ3n) is 14.3. The average Bonchev–Trinajstić information content (AvgIpc) is 3.31. The molecule has 0 aromatic rings. The Morgan fingerprint density at radius 3 is 0.851 bits per heavy atom. The minimum absolute atomic E-state index is 0.0634. The fourth-order valence-electron chi connectivity index (χ4n) is 9.37. The standard InChI is InChI=1S/C61H118O6/c1-6-8-9-10-11-12-13-14-15-16-20-24-27-30-33-36-43-48-53-61(64)67-58(55-66-60(63)52-47-42-38-37-39-44-49-56(3)4)54-65-59(62)51-46-41-35-32-29-26-23-21-18-17-19-22-25-28-31-34-40-45-50-57(5)7-2/h56-58H,6-55H2,1-5H3/t57?,58-/m0/s1. The summed E-state index contributed by atoms with van der Waals surface area (Å²) in [7, 11) is 0. The van der Waals surface area contributed by atoms with Crippen LogP contribution >= 0.6 is 0 Å². The summed E-state index contributed by atoms with van der Waals surface area (Å²) in [6, 6.07) is 0. The zero-order valence-corrected chi connectivity index (χ0v) is 46.0. The van der Waals surface area contributed by atoms with Crippen molar-refractivity contribution in [1.29, 1.82) is 0 Å². The number of esters is 3. The Morgan fingerprint density at radius 2 is 0.567 bits per heavy atom. The molecular formula is C61H118O6. The average molecular weight is 948 g/mol. The highest BCUT2D eigenvalue weighted by Gasteiger charge is 2.19. The van der Waals surface area contributed by atoms with Crippen molar-refractivity contribution >= 4 is 17.9 Å². The molecule has 2 atom stereocenters. The van der Waals surface area contributed by atoms with E-state index in [1.807, 2.05) is 0 Å². The molecule has 0 aliphatic rings. The van der Waals surface area contributed by atoms with Gasteiger partial charge in [-0.3, -0.25) is 14.4 Å². The third-order valence-corrected chi connectivity index (χ3v) is 14.3. The van der Waals surface area contributed by atoms with Gasteiger partial charge in [-0.25, -0.2) is 0 Å². The summed E-state index contributed by atoms with van der Waals surface area (Å²) in [6.45, 7) is 11.4. The molecule has 6 nitrogen and oxygen atoms in total. The van der Waals surface area contributed by atoms with E-state index in [9.17, 15) is 14.4 Å². The number of rotatable bonds is 55. The molecule has 0 spiro atoms. The van der Waals surface area contributed by atoms with Crippen LogP contribution in [0.5, 0.6) is 0 Å². The minimum Gasteiger partial charge on any atom is -0.462 e. The van der Waals surface area contributed by atoms with Gasteiger partial charge in [0, 0.05) is 19.3 Å². The van der Waals surface area contributed by atoms with Crippen LogP contribution in [0.3, 0.4) is 0 Å². The van der Waals surface area contributed by atoms with Crippen molar-refractivity contribution < 1.29 is 28.6 Å². The fourth-order valence-corrected chi connectivity index (χ4v) is 9.37. The quantitative estimate of drug-likeness (QED) is 0.0343. The van der Waals surface area contributed by atoms with Crippen molar-refractivity contribution in [1.82, 2.24) is 0 Å². The van der Waals surface area contributed by atoms with E-state index in [1.165, 1.54) is 231 Å². The van der Waals surface area contributed by atoms with E-state index in [0.717, 1.165) is 69.6 Å². The molecule has 0 N–H and O–H groups in total. The smallest absolute Gasteiger partial charge is 0.306 e. The summed E-state index contributed by atoms with van der Waals surface area (Å²) >= 11 is 0. The van der Waals surface area contributed by atoms with Crippen molar-refractivity contribution in [3.05, 3.63) is 0 Å². The molecular weight excluding hydrogens is 829 g/mol. The molecule has 0 aliphatic carbocycles. The SMILES string of the molecule is CCCCCCCCCCCCCCCCCCCCC(=O)O[C@@H](COC(=O)CCCCCCCCCCCCCCCCCCCCC(C)CC)COC(=O)CCCCCCCCC(C)C. The highest BCUT2D eigenvalue weighted by molar-refractivity contribution is 5.71. The molecule has 6 heteroatoms. The van der Waals surface area contributed by atoms with Crippen molar-refractivity contribution in [2.45, 2.75) is 349 Å². The summed E-state index contributed by atoms with van der Waals surface area (Å²) in [5.41, 5.74) is 0. The Morgan fingerprint density at radius 1 is 0.313 bits per heavy atom. The monoisotopic (exact) mass is 947 g/mol. The zero-order valence-electron chi connectivity index (χ0n) is 46.0. The maximum absolute atomic E-state index is 12.8. The highest BCUT2D eigenvalue weighted by atomic mass is 16.6. The van der Waals surface area contributed by atoms with Gasteiger partial charge in [0.1, 0.15) is 13.2 Å². The summed E-state index contributed by atoms with van der Waals surface area (Å²) in [4.78, 5) is 38.1. The Kier molecular flexibility index (Phi) is 52.5. The first-order valence-corrected chi connectivity index (χ1v) is 30.3. The number of hydrogen-bond acceptors (Lipinski definition) is 6. The lowest BCUT2D eigenvalue weighted by atomic mass is 9.99. The molecule has 67 heavy (non-hydrogen) atoms. The van der Waals surface area contributed by atoms with Gasteiger partial charge < -0.3 is 14.2 Å². The van der Waals surface area contributed by atoms with Crippen LogP contribution in [0.1, 0.15) is 343 Å². The van der Waals surface area contributed by atoms with Gasteiger partial charge in [0.15, 0.2) is 6.10 Å². The van der Waals surface area contributed by atoms with Crippen molar-refractivity contribution in [3.63, 3.8) is 0 Å². The molecule has 0 heterocycles. The topological polar surface area (TPSA) is 78.9 Å². The summed E-state index contributed by atoms with van der Waals surface area (Å²) in [6.07, 6.45) is 58.3. The highest BCUT2D eigenvalue weighted by Crippen LogP contribution is 2.19. The van der Waals surface area contributed by atoms with Crippen LogP contribution in [0.25, 0.3) is 0 Å². The van der Waals surface area contributed by atoms with Crippen LogP contribution in [0.2, 0.25) is 0 Å². The van der Waals surface area contributed by atoms with Crippen molar-refractivity contribution in [2.24, 2.45) is 11.8 Å². The molecule has 0 fully saturated rings. The third kappa shape index (κ3) is 53.6. The molecule has 1 unspecified atom stereocenters. The lowest BCUT2D eigenvalue weighted by Gasteiger charge is -2.18. The second-order valence-corrected chi connectivity index (χ2v) is 21.7. The van der Waals surface area contributed by atoms with E-state index in [-0.39, 0.29) is 31.1 Å². The van der Waals surface area contributed by atoms with Crippen LogP contribution < -0.4 is 0 Å². The number of carbonyl (C=O) groups is 3. The normalized spacial score (nSPS) is 12.4. The van der Waals surface area contributed by atoms with Crippen LogP contribution in [0.15, 0.2) is 0 Å². The molecule has 0 aromatic carbocycles. The van der Waals surface area contributed by atoms with Gasteiger partial charge in [-0.1, -0.05) is 304 Å². The van der Waals surface area contributed by atoms with E-state index >= 15 is 0 Å². The van der Waals surface area contributed by atoms with Gasteiger partial charge in [0.05, 0.1) is 0 Å². The molecule has 0 saturated carbocycles. The van der Waals surface area contributed by atoms with E-state index in [1.54, 1.807) is 0 Å². The first kappa shape index (κ1) is 65.4. The van der Waals surface area contributed by atoms with Crippen LogP contribution in [-0.2, 0) is 28.6 Å². The van der Waals surface area contributed by atoms with Crippen molar-refractivity contribution in [2.75, 3.05) is 13.2 Å². The fraction of sp³-hybridized carbons (Fsp3) is 0.951. The summed E-state index contributed by atoms with van der Waals surface area (Å²) < 4.78 is 16.9. The Bertz CT molecular complexity index is 1030. The molecule has 0 saturated heterocycles. The Labute approximate surface area is 418 Å². The lowest BCUT2D eigenvalue weighted by molar-refractivity contribution is -0.167. The van der Waals surface area contributed by atoms with Crippen LogP contribution in [0.4, 0.5) is 0 Å². The Balaban J connectivity index is 4.17. The molecule has 0 aliphatic heterocycles. The summed E-state index contributed by atoms with van der Waals surface area (Å²) in [5, 5.41) is 0. The molecule has 0 amide bonds. The van der Waals surface area contributed by atoms with Gasteiger partial charge in [-0.05, 0) is 31.1 Å². The molecule has 0 aromatic heterocycles. The van der Waals surface area contributed by atoms with Gasteiger partial charge in [0.2, 0.25) is 0 Å². The zero-order chi connectivity index (χ0) is 48.9. The number of hydrogen-bond donors (Lipinski definition) is 0. The molecule has 0 rings (SSSR count). The van der Waals surface area contributed by atoms with E-state index in [4.69, 9.17) is 14.2 Å². The van der Waals surface area contributed by atoms with Crippen molar-refractivity contribution in [3.8, 4) is 0 Å². The largest absolute Gasteiger partial charge is 0.462 e. The molecule has 0 bridgehead atoms. The molecule has 398 valence electrons. The van der Waals surface area contributed by atoms with E-state index < -0.39 is 6.10 Å². The summed E-state index contributed by atoms with van der Waals surface area (Å²) in [5.74, 6) is 0.830. The number of carbonyl (C=O) groups excluding carboxylic acids is 3. The second-order valence-electron chi connectivity index (χ2n) is 21.7. The Hall–Kier alpha value is -1.59. The van der Waals surface area contributed by atoms with Gasteiger partial charge in [-0.2, -0.15) is 0 Å². The lowest BCUT2D eigenvalue weighted by Crippen LogP contribution is -2.30. The first-order valence-electron chi connectivity index (χ1n) is 30.3. The van der Waals surface area contributed by atoms with Gasteiger partial charge in [-0.15, -0.1) is 0 Å². The number of ether oxygens (including phenoxy) is 3. The predicted molar refractivity (Wildman–Crippen MR) is 289 cm³/mol. The molecule has 0 radical (unpaired) electrons. The van der Waals surface area contributed by atoms with Crippen LogP contribution in [-0.4, -0.2) is 37.2 Å². The van der Waals surface area contributed by atoms with Gasteiger partial charge >= 0.3 is 17.9 Å². The predicted octanol–water partition coefficient (Wildman–Crippen LogP) is 20.0. The first-order chi connectivity index (χ1) is 32.8. The maximum Gasteiger partial charge on any atom is 0.306 e. The second kappa shape index (κ2) is 53.8. The van der Waals surface area contributed by atoms with E-state index in [0.29, 0.717) is 19.3 Å². The minimum atomic E-state index is -0.763. The van der Waals surface area contributed by atoms with Gasteiger partial charge in [0.25, 0.3) is 0 Å². The van der Waals surface area contributed by atoms with E-state index in [2.05, 4.69) is 34.6 Å². The maximum atomic E-state index is 12.8. The number of unbranched alkanes of at least 4 members (excludes halogenated alkanes) is 39. The van der Waals surface area contributed by atoms with Crippen LogP contribution in [0, 0.1) is 11.8 Å².